The van der Waals surface area contributed by atoms with Gasteiger partial charge in [0.15, 0.2) is 6.61 Å². The predicted molar refractivity (Wildman–Crippen MR) is 88.4 cm³/mol. The third kappa shape index (κ3) is 5.14. The van der Waals surface area contributed by atoms with Crippen LogP contribution in [0.3, 0.4) is 0 Å². The van der Waals surface area contributed by atoms with Crippen LogP contribution in [0.4, 0.5) is 0 Å². The third-order valence-electron chi connectivity index (χ3n) is 3.29. The van der Waals surface area contributed by atoms with Crippen molar-refractivity contribution in [2.24, 2.45) is 0 Å². The zero-order valence-corrected chi connectivity index (χ0v) is 13.3. The van der Waals surface area contributed by atoms with E-state index in [1.807, 2.05) is 43.3 Å². The molecule has 2 N–H and O–H groups in total. The fourth-order valence-corrected chi connectivity index (χ4v) is 2.02. The lowest BCUT2D eigenvalue weighted by atomic mass is 10.1. The molecule has 23 heavy (non-hydrogen) atoms. The molecule has 2 aromatic rings. The quantitative estimate of drug-likeness (QED) is 0.858. The van der Waals surface area contributed by atoms with Crippen LogP contribution in [-0.2, 0) is 11.3 Å². The summed E-state index contributed by atoms with van der Waals surface area (Å²) in [5, 5.41) is 5.34. The summed E-state index contributed by atoms with van der Waals surface area (Å²) in [6, 6.07) is 14.6. The van der Waals surface area contributed by atoms with Crippen molar-refractivity contribution in [2.45, 2.75) is 13.5 Å². The maximum Gasteiger partial charge on any atom is 0.258 e. The van der Waals surface area contributed by atoms with Gasteiger partial charge in [-0.1, -0.05) is 24.3 Å². The number of ether oxygens (including phenoxy) is 1. The molecule has 0 heterocycles. The minimum Gasteiger partial charge on any atom is -0.484 e. The van der Waals surface area contributed by atoms with Gasteiger partial charge in [0.1, 0.15) is 5.75 Å². The number of aryl methyl sites for hydroxylation is 1. The van der Waals surface area contributed by atoms with Crippen LogP contribution in [0, 0.1) is 6.92 Å². The largest absolute Gasteiger partial charge is 0.484 e. The van der Waals surface area contributed by atoms with Crippen LogP contribution in [0.15, 0.2) is 48.5 Å². The van der Waals surface area contributed by atoms with E-state index in [4.69, 9.17) is 4.74 Å². The summed E-state index contributed by atoms with van der Waals surface area (Å²) in [5.41, 5.74) is 2.59. The van der Waals surface area contributed by atoms with Crippen LogP contribution in [-0.4, -0.2) is 25.5 Å². The van der Waals surface area contributed by atoms with Crippen LogP contribution in [0.25, 0.3) is 0 Å². The molecule has 2 amide bonds. The molecule has 0 spiro atoms. The topological polar surface area (TPSA) is 67.4 Å². The highest BCUT2D eigenvalue weighted by atomic mass is 16.5. The van der Waals surface area contributed by atoms with Gasteiger partial charge < -0.3 is 15.4 Å². The second-order valence-electron chi connectivity index (χ2n) is 5.16. The molecule has 2 rings (SSSR count). The van der Waals surface area contributed by atoms with Gasteiger partial charge in [-0.2, -0.15) is 0 Å². The molecular weight excluding hydrogens is 292 g/mol. The molecule has 2 aromatic carbocycles. The number of hydrogen-bond acceptors (Lipinski definition) is 3. The van der Waals surface area contributed by atoms with E-state index in [-0.39, 0.29) is 18.4 Å². The maximum absolute atomic E-state index is 11.8. The summed E-state index contributed by atoms with van der Waals surface area (Å²) < 4.78 is 5.44. The predicted octanol–water partition coefficient (Wildman–Crippen LogP) is 2.05. The zero-order chi connectivity index (χ0) is 16.7. The van der Waals surface area contributed by atoms with Crippen molar-refractivity contribution in [3.8, 4) is 5.75 Å². The Hall–Kier alpha value is -2.82. The first-order valence-corrected chi connectivity index (χ1v) is 7.35. The van der Waals surface area contributed by atoms with Crippen molar-refractivity contribution >= 4 is 11.8 Å². The van der Waals surface area contributed by atoms with E-state index < -0.39 is 0 Å². The summed E-state index contributed by atoms with van der Waals surface area (Å²) in [6.45, 7) is 2.33. The first-order valence-electron chi connectivity index (χ1n) is 7.35. The highest BCUT2D eigenvalue weighted by Gasteiger charge is 2.05. The molecule has 0 aliphatic carbocycles. The standard InChI is InChI=1S/C18H20N2O3/c1-13-4-3-5-16(10-13)23-12-17(21)20-11-14-6-8-15(9-7-14)18(22)19-2/h3-10H,11-12H2,1-2H3,(H,19,22)(H,20,21). The Labute approximate surface area is 135 Å². The van der Waals surface area contributed by atoms with Gasteiger partial charge in [0.2, 0.25) is 0 Å². The lowest BCUT2D eigenvalue weighted by molar-refractivity contribution is -0.123. The van der Waals surface area contributed by atoms with E-state index in [9.17, 15) is 9.59 Å². The average Bonchev–Trinajstić information content (AvgIpc) is 2.58. The number of carbonyl (C=O) groups is 2. The molecule has 0 unspecified atom stereocenters. The van der Waals surface area contributed by atoms with Crippen molar-refractivity contribution in [1.82, 2.24) is 10.6 Å². The Bertz CT molecular complexity index is 681. The highest BCUT2D eigenvalue weighted by Crippen LogP contribution is 2.12. The fraction of sp³-hybridized carbons (Fsp3) is 0.222. The SMILES string of the molecule is CNC(=O)c1ccc(CNC(=O)COc2cccc(C)c2)cc1. The lowest BCUT2D eigenvalue weighted by Crippen LogP contribution is -2.28. The van der Waals surface area contributed by atoms with Crippen molar-refractivity contribution in [3.05, 3.63) is 65.2 Å². The van der Waals surface area contributed by atoms with Crippen molar-refractivity contribution in [2.75, 3.05) is 13.7 Å². The van der Waals surface area contributed by atoms with E-state index in [1.165, 1.54) is 0 Å². The second kappa shape index (κ2) is 7.98. The Balaban J connectivity index is 1.79. The van der Waals surface area contributed by atoms with Gasteiger partial charge in [-0.15, -0.1) is 0 Å². The molecule has 0 aliphatic heterocycles. The van der Waals surface area contributed by atoms with Crippen LogP contribution in [0.1, 0.15) is 21.5 Å². The molecule has 5 nitrogen and oxygen atoms in total. The van der Waals surface area contributed by atoms with E-state index in [2.05, 4.69) is 10.6 Å². The Morgan fingerprint density at radius 3 is 2.48 bits per heavy atom. The summed E-state index contributed by atoms with van der Waals surface area (Å²) in [5.74, 6) is 0.351. The molecular formula is C18H20N2O3. The molecule has 5 heteroatoms. The zero-order valence-electron chi connectivity index (χ0n) is 13.3. The molecule has 0 bridgehead atoms. The molecule has 0 fully saturated rings. The molecule has 0 radical (unpaired) electrons. The smallest absolute Gasteiger partial charge is 0.258 e. The Kier molecular flexibility index (Phi) is 5.74. The maximum atomic E-state index is 11.8. The van der Waals surface area contributed by atoms with Gasteiger partial charge >= 0.3 is 0 Å². The molecule has 0 aliphatic rings. The van der Waals surface area contributed by atoms with Crippen molar-refractivity contribution < 1.29 is 14.3 Å². The van der Waals surface area contributed by atoms with Gasteiger partial charge in [0.05, 0.1) is 0 Å². The summed E-state index contributed by atoms with van der Waals surface area (Å²) in [4.78, 5) is 23.2. The summed E-state index contributed by atoms with van der Waals surface area (Å²) in [7, 11) is 1.59. The summed E-state index contributed by atoms with van der Waals surface area (Å²) in [6.07, 6.45) is 0. The number of carbonyl (C=O) groups excluding carboxylic acids is 2. The monoisotopic (exact) mass is 312 g/mol. The molecule has 0 saturated carbocycles. The molecule has 120 valence electrons. The number of hydrogen-bond donors (Lipinski definition) is 2. The van der Waals surface area contributed by atoms with Crippen LogP contribution in [0.5, 0.6) is 5.75 Å². The van der Waals surface area contributed by atoms with Gasteiger partial charge in [-0.3, -0.25) is 9.59 Å². The first kappa shape index (κ1) is 16.5. The first-order chi connectivity index (χ1) is 11.1. The fourth-order valence-electron chi connectivity index (χ4n) is 2.02. The van der Waals surface area contributed by atoms with Crippen molar-refractivity contribution in [3.63, 3.8) is 0 Å². The number of nitrogens with one attached hydrogen (secondary N) is 2. The number of amides is 2. The van der Waals surface area contributed by atoms with Gasteiger partial charge in [0.25, 0.3) is 11.8 Å². The Morgan fingerprint density at radius 1 is 1.09 bits per heavy atom. The second-order valence-corrected chi connectivity index (χ2v) is 5.16. The van der Waals surface area contributed by atoms with E-state index in [0.29, 0.717) is 17.9 Å². The lowest BCUT2D eigenvalue weighted by Gasteiger charge is -2.08. The van der Waals surface area contributed by atoms with E-state index in [1.54, 1.807) is 19.2 Å². The Morgan fingerprint density at radius 2 is 1.83 bits per heavy atom. The number of rotatable bonds is 6. The van der Waals surface area contributed by atoms with Gasteiger partial charge in [-0.05, 0) is 42.3 Å². The normalized spacial score (nSPS) is 10.0. The van der Waals surface area contributed by atoms with Gasteiger partial charge in [0, 0.05) is 19.2 Å². The van der Waals surface area contributed by atoms with Crippen molar-refractivity contribution in [1.29, 1.82) is 0 Å². The average molecular weight is 312 g/mol. The van der Waals surface area contributed by atoms with E-state index in [0.717, 1.165) is 11.1 Å². The highest BCUT2D eigenvalue weighted by molar-refractivity contribution is 5.93. The van der Waals surface area contributed by atoms with E-state index >= 15 is 0 Å². The summed E-state index contributed by atoms with van der Waals surface area (Å²) >= 11 is 0. The molecule has 0 saturated heterocycles. The van der Waals surface area contributed by atoms with Crippen LogP contribution < -0.4 is 15.4 Å². The molecule has 0 aromatic heterocycles. The third-order valence-corrected chi connectivity index (χ3v) is 3.29. The number of benzene rings is 2. The van der Waals surface area contributed by atoms with Gasteiger partial charge in [-0.25, -0.2) is 0 Å². The van der Waals surface area contributed by atoms with Crippen LogP contribution in [0.2, 0.25) is 0 Å². The minimum atomic E-state index is -0.193. The van der Waals surface area contributed by atoms with Crippen LogP contribution >= 0.6 is 0 Å². The molecule has 0 atom stereocenters. The minimum absolute atomic E-state index is 0.0280.